The highest BCUT2D eigenvalue weighted by molar-refractivity contribution is 4.88. The fourth-order valence-electron chi connectivity index (χ4n) is 2.24. The molecule has 10 heavy (non-hydrogen) atoms. The van der Waals surface area contributed by atoms with Crippen LogP contribution in [0.15, 0.2) is 0 Å². The zero-order valence-electron chi connectivity index (χ0n) is 6.57. The summed E-state index contributed by atoms with van der Waals surface area (Å²) in [6.07, 6.45) is 8.52. The molecule has 0 bridgehead atoms. The SMILES string of the molecule is C1COCCC2(C1)CCC2. The van der Waals surface area contributed by atoms with Crippen molar-refractivity contribution in [2.45, 2.75) is 38.5 Å². The third-order valence-corrected chi connectivity index (χ3v) is 3.19. The van der Waals surface area contributed by atoms with Gasteiger partial charge in [0, 0.05) is 13.2 Å². The molecule has 1 aliphatic heterocycles. The molecule has 1 saturated heterocycles. The Morgan fingerprint density at radius 1 is 0.800 bits per heavy atom. The van der Waals surface area contributed by atoms with Gasteiger partial charge in [0.05, 0.1) is 0 Å². The molecule has 0 aromatic heterocycles. The molecule has 1 nitrogen and oxygen atoms in total. The second-order valence-electron chi connectivity index (χ2n) is 3.82. The molecule has 1 spiro atoms. The Balaban J connectivity index is 1.92. The molecule has 1 heterocycles. The molecule has 1 heteroatoms. The van der Waals surface area contributed by atoms with Crippen molar-refractivity contribution in [3.8, 4) is 0 Å². The van der Waals surface area contributed by atoms with Crippen LogP contribution in [-0.4, -0.2) is 13.2 Å². The Bertz CT molecular complexity index is 106. The molecular weight excluding hydrogens is 124 g/mol. The van der Waals surface area contributed by atoms with E-state index in [2.05, 4.69) is 0 Å². The summed E-state index contributed by atoms with van der Waals surface area (Å²) < 4.78 is 5.43. The van der Waals surface area contributed by atoms with Crippen molar-refractivity contribution >= 4 is 0 Å². The van der Waals surface area contributed by atoms with Crippen LogP contribution in [0, 0.1) is 5.41 Å². The summed E-state index contributed by atoms with van der Waals surface area (Å²) >= 11 is 0. The first-order valence-corrected chi connectivity index (χ1v) is 4.49. The van der Waals surface area contributed by atoms with Crippen molar-refractivity contribution in [3.63, 3.8) is 0 Å². The summed E-state index contributed by atoms with van der Waals surface area (Å²) in [6, 6.07) is 0. The van der Waals surface area contributed by atoms with E-state index in [-0.39, 0.29) is 0 Å². The summed E-state index contributed by atoms with van der Waals surface area (Å²) in [4.78, 5) is 0. The van der Waals surface area contributed by atoms with E-state index in [1.165, 1.54) is 38.5 Å². The van der Waals surface area contributed by atoms with Crippen molar-refractivity contribution in [3.05, 3.63) is 0 Å². The molecule has 0 aromatic rings. The predicted octanol–water partition coefficient (Wildman–Crippen LogP) is 2.36. The molecule has 0 radical (unpaired) electrons. The lowest BCUT2D eigenvalue weighted by Crippen LogP contribution is -2.29. The maximum Gasteiger partial charge on any atom is 0.0471 e. The van der Waals surface area contributed by atoms with E-state index < -0.39 is 0 Å². The highest BCUT2D eigenvalue weighted by atomic mass is 16.5. The molecule has 1 saturated carbocycles. The van der Waals surface area contributed by atoms with Crippen LogP contribution in [0.3, 0.4) is 0 Å². The van der Waals surface area contributed by atoms with Crippen LogP contribution in [0.1, 0.15) is 38.5 Å². The minimum absolute atomic E-state index is 0.760. The topological polar surface area (TPSA) is 9.23 Å². The highest BCUT2D eigenvalue weighted by Gasteiger charge is 2.36. The fourth-order valence-corrected chi connectivity index (χ4v) is 2.24. The van der Waals surface area contributed by atoms with Crippen molar-refractivity contribution in [2.24, 2.45) is 5.41 Å². The van der Waals surface area contributed by atoms with Crippen LogP contribution in [0.4, 0.5) is 0 Å². The lowest BCUT2D eigenvalue weighted by Gasteiger charge is -2.41. The van der Waals surface area contributed by atoms with E-state index in [0.717, 1.165) is 18.6 Å². The van der Waals surface area contributed by atoms with Gasteiger partial charge in [-0.15, -0.1) is 0 Å². The standard InChI is InChI=1S/C9H16O/c1-3-9(4-1)5-2-7-10-8-6-9/h1-8H2. The van der Waals surface area contributed by atoms with E-state index in [4.69, 9.17) is 4.74 Å². The first-order chi connectivity index (χ1) is 4.91. The maximum atomic E-state index is 5.43. The molecular formula is C9H16O. The van der Waals surface area contributed by atoms with E-state index >= 15 is 0 Å². The Labute approximate surface area is 62.8 Å². The largest absolute Gasteiger partial charge is 0.381 e. The van der Waals surface area contributed by atoms with Gasteiger partial charge in [0.2, 0.25) is 0 Å². The van der Waals surface area contributed by atoms with E-state index in [1.54, 1.807) is 0 Å². The van der Waals surface area contributed by atoms with E-state index in [9.17, 15) is 0 Å². The van der Waals surface area contributed by atoms with Gasteiger partial charge in [0.25, 0.3) is 0 Å². The highest BCUT2D eigenvalue weighted by Crippen LogP contribution is 2.48. The van der Waals surface area contributed by atoms with Gasteiger partial charge in [-0.05, 0) is 37.5 Å². The monoisotopic (exact) mass is 140 g/mol. The van der Waals surface area contributed by atoms with Gasteiger partial charge in [0.15, 0.2) is 0 Å². The van der Waals surface area contributed by atoms with Gasteiger partial charge in [-0.3, -0.25) is 0 Å². The normalized spacial score (nSPS) is 31.2. The molecule has 2 aliphatic rings. The lowest BCUT2D eigenvalue weighted by atomic mass is 9.64. The second-order valence-corrected chi connectivity index (χ2v) is 3.82. The van der Waals surface area contributed by atoms with Gasteiger partial charge in [-0.2, -0.15) is 0 Å². The Morgan fingerprint density at radius 2 is 1.60 bits per heavy atom. The van der Waals surface area contributed by atoms with Gasteiger partial charge in [-0.1, -0.05) is 6.42 Å². The van der Waals surface area contributed by atoms with Gasteiger partial charge >= 0.3 is 0 Å². The molecule has 1 aliphatic carbocycles. The minimum Gasteiger partial charge on any atom is -0.381 e. The van der Waals surface area contributed by atoms with Crippen LogP contribution >= 0.6 is 0 Å². The average Bonchev–Trinajstić information content (AvgIpc) is 2.08. The average molecular weight is 140 g/mol. The van der Waals surface area contributed by atoms with Gasteiger partial charge in [-0.25, -0.2) is 0 Å². The second kappa shape index (κ2) is 2.54. The summed E-state index contributed by atoms with van der Waals surface area (Å²) in [7, 11) is 0. The summed E-state index contributed by atoms with van der Waals surface area (Å²) in [5, 5.41) is 0. The molecule has 2 fully saturated rings. The van der Waals surface area contributed by atoms with Crippen LogP contribution in [0.2, 0.25) is 0 Å². The molecule has 0 aromatic carbocycles. The number of hydrogen-bond donors (Lipinski definition) is 0. The Hall–Kier alpha value is -0.0400. The summed E-state index contributed by atoms with van der Waals surface area (Å²) in [5.74, 6) is 0. The molecule has 0 unspecified atom stereocenters. The van der Waals surface area contributed by atoms with Gasteiger partial charge < -0.3 is 4.74 Å². The minimum atomic E-state index is 0.760. The van der Waals surface area contributed by atoms with Crippen LogP contribution < -0.4 is 0 Å². The molecule has 0 amide bonds. The third-order valence-electron chi connectivity index (χ3n) is 3.19. The van der Waals surface area contributed by atoms with Crippen LogP contribution in [0.25, 0.3) is 0 Å². The van der Waals surface area contributed by atoms with Crippen LogP contribution in [-0.2, 0) is 4.74 Å². The third kappa shape index (κ3) is 1.07. The predicted molar refractivity (Wildman–Crippen MR) is 41.0 cm³/mol. The first kappa shape index (κ1) is 6.66. The number of rotatable bonds is 0. The zero-order valence-corrected chi connectivity index (χ0v) is 6.57. The zero-order chi connectivity index (χ0) is 6.86. The van der Waals surface area contributed by atoms with Crippen LogP contribution in [0.5, 0.6) is 0 Å². The fraction of sp³-hybridized carbons (Fsp3) is 1.00. The maximum absolute atomic E-state index is 5.43. The summed E-state index contributed by atoms with van der Waals surface area (Å²) in [6.45, 7) is 2.04. The Morgan fingerprint density at radius 3 is 2.30 bits per heavy atom. The lowest BCUT2D eigenvalue weighted by molar-refractivity contribution is 0.0866. The Kier molecular flexibility index (Phi) is 1.69. The van der Waals surface area contributed by atoms with Crippen molar-refractivity contribution in [1.82, 2.24) is 0 Å². The molecule has 0 N–H and O–H groups in total. The van der Waals surface area contributed by atoms with Crippen molar-refractivity contribution in [1.29, 1.82) is 0 Å². The number of hydrogen-bond acceptors (Lipinski definition) is 1. The number of ether oxygens (including phenoxy) is 1. The van der Waals surface area contributed by atoms with E-state index in [0.29, 0.717) is 0 Å². The van der Waals surface area contributed by atoms with Crippen molar-refractivity contribution in [2.75, 3.05) is 13.2 Å². The first-order valence-electron chi connectivity index (χ1n) is 4.49. The van der Waals surface area contributed by atoms with Gasteiger partial charge in [0.1, 0.15) is 0 Å². The smallest absolute Gasteiger partial charge is 0.0471 e. The van der Waals surface area contributed by atoms with E-state index in [1.807, 2.05) is 0 Å². The molecule has 2 rings (SSSR count). The quantitative estimate of drug-likeness (QED) is 0.502. The molecule has 0 atom stereocenters. The van der Waals surface area contributed by atoms with Crippen molar-refractivity contribution < 1.29 is 4.74 Å². The summed E-state index contributed by atoms with van der Waals surface area (Å²) in [5.41, 5.74) is 0.760. The molecule has 58 valence electrons.